The minimum absolute atomic E-state index is 0.0202. The van der Waals surface area contributed by atoms with Gasteiger partial charge in [-0.05, 0) is 39.0 Å². The van der Waals surface area contributed by atoms with E-state index in [1.54, 1.807) is 51.1 Å². The van der Waals surface area contributed by atoms with Crippen molar-refractivity contribution in [1.29, 1.82) is 0 Å². The number of aliphatic hydroxyl groups excluding tert-OH is 1. The summed E-state index contributed by atoms with van der Waals surface area (Å²) in [6.45, 7) is 4.92. The molecule has 0 saturated heterocycles. The third kappa shape index (κ3) is 6.75. The first-order valence-electron chi connectivity index (χ1n) is 11.5. The molecule has 37 heavy (non-hydrogen) atoms. The number of methoxy groups -OCH3 is 2. The summed E-state index contributed by atoms with van der Waals surface area (Å²) in [5, 5.41) is 16.6. The van der Waals surface area contributed by atoms with Crippen LogP contribution in [0, 0.1) is 0 Å². The SMILES string of the molecule is COc1cc(OC)c(NC(=O)CN2c3ccccc3C(=O)N(CCNC(=O)OC(C)(C)C)C2O)cc1Cl. The van der Waals surface area contributed by atoms with Gasteiger partial charge in [0.15, 0.2) is 0 Å². The Kier molecular flexibility index (Phi) is 8.72. The van der Waals surface area contributed by atoms with Gasteiger partial charge in [-0.3, -0.25) is 14.5 Å². The number of alkyl carbamates (subject to hydrolysis) is 1. The molecule has 200 valence electrons. The lowest BCUT2D eigenvalue weighted by atomic mass is 10.1. The molecule has 12 heteroatoms. The molecule has 0 spiro atoms. The molecule has 1 atom stereocenters. The molecule has 0 fully saturated rings. The maximum absolute atomic E-state index is 13.1. The minimum atomic E-state index is -1.46. The summed E-state index contributed by atoms with van der Waals surface area (Å²) in [7, 11) is 2.90. The van der Waals surface area contributed by atoms with Crippen LogP contribution in [0.4, 0.5) is 16.2 Å². The van der Waals surface area contributed by atoms with Gasteiger partial charge in [-0.1, -0.05) is 23.7 Å². The van der Waals surface area contributed by atoms with Crippen molar-refractivity contribution in [2.45, 2.75) is 32.7 Å². The van der Waals surface area contributed by atoms with Crippen LogP contribution in [0.25, 0.3) is 0 Å². The van der Waals surface area contributed by atoms with Gasteiger partial charge in [-0.2, -0.15) is 0 Å². The second kappa shape index (κ2) is 11.6. The Morgan fingerprint density at radius 3 is 2.41 bits per heavy atom. The predicted molar refractivity (Wildman–Crippen MR) is 138 cm³/mol. The zero-order chi connectivity index (χ0) is 27.3. The predicted octanol–water partition coefficient (Wildman–Crippen LogP) is 3.06. The molecule has 0 radical (unpaired) electrons. The molecule has 3 amide bonds. The molecule has 0 aliphatic carbocycles. The largest absolute Gasteiger partial charge is 0.495 e. The molecule has 1 aliphatic rings. The standard InChI is InChI=1S/C25H31ClN4O7/c1-25(2,3)37-23(33)27-10-11-29-22(32)15-8-6-7-9-18(15)30(24(29)34)14-21(31)28-17-12-16(26)19(35-4)13-20(17)36-5/h6-9,12-13,24,34H,10-11,14H2,1-5H3,(H,27,33)(H,28,31). The van der Waals surface area contributed by atoms with E-state index in [-0.39, 0.29) is 24.7 Å². The molecule has 11 nitrogen and oxygen atoms in total. The van der Waals surface area contributed by atoms with Crippen molar-refractivity contribution in [3.8, 4) is 11.5 Å². The molecule has 2 aromatic carbocycles. The highest BCUT2D eigenvalue weighted by atomic mass is 35.5. The van der Waals surface area contributed by atoms with Gasteiger partial charge in [0.2, 0.25) is 12.3 Å². The zero-order valence-electron chi connectivity index (χ0n) is 21.3. The van der Waals surface area contributed by atoms with Gasteiger partial charge in [0.1, 0.15) is 23.6 Å². The van der Waals surface area contributed by atoms with E-state index in [9.17, 15) is 19.5 Å². The maximum atomic E-state index is 13.1. The number of para-hydroxylation sites is 1. The molecule has 2 aromatic rings. The highest BCUT2D eigenvalue weighted by molar-refractivity contribution is 6.32. The summed E-state index contributed by atoms with van der Waals surface area (Å²) in [6, 6.07) is 9.68. The highest BCUT2D eigenvalue weighted by Crippen LogP contribution is 2.36. The topological polar surface area (TPSA) is 130 Å². The van der Waals surface area contributed by atoms with E-state index < -0.39 is 29.9 Å². The van der Waals surface area contributed by atoms with E-state index in [0.29, 0.717) is 28.4 Å². The molecular weight excluding hydrogens is 504 g/mol. The monoisotopic (exact) mass is 534 g/mol. The Bertz CT molecular complexity index is 1170. The minimum Gasteiger partial charge on any atom is -0.495 e. The van der Waals surface area contributed by atoms with Gasteiger partial charge in [-0.15, -0.1) is 0 Å². The van der Waals surface area contributed by atoms with Gasteiger partial charge in [0.25, 0.3) is 5.91 Å². The van der Waals surface area contributed by atoms with E-state index in [0.717, 1.165) is 4.90 Å². The number of anilines is 2. The Labute approximate surface area is 220 Å². The Hall–Kier alpha value is -3.70. The first-order chi connectivity index (χ1) is 17.4. The first kappa shape index (κ1) is 27.9. The van der Waals surface area contributed by atoms with E-state index in [1.807, 2.05) is 0 Å². The number of nitrogens with one attached hydrogen (secondary N) is 2. The number of aliphatic hydroxyl groups is 1. The lowest BCUT2D eigenvalue weighted by molar-refractivity contribution is -0.115. The summed E-state index contributed by atoms with van der Waals surface area (Å²) in [6.07, 6.45) is -2.11. The number of rotatable bonds is 8. The smallest absolute Gasteiger partial charge is 0.407 e. The number of benzene rings is 2. The number of carbonyl (C=O) groups is 3. The second-order valence-electron chi connectivity index (χ2n) is 9.15. The van der Waals surface area contributed by atoms with E-state index >= 15 is 0 Å². The second-order valence-corrected chi connectivity index (χ2v) is 9.56. The number of amides is 3. The Morgan fingerprint density at radius 1 is 1.08 bits per heavy atom. The molecule has 0 saturated carbocycles. The number of halogens is 1. The van der Waals surface area contributed by atoms with Crippen LogP contribution >= 0.6 is 11.6 Å². The fourth-order valence-corrected chi connectivity index (χ4v) is 3.98. The van der Waals surface area contributed by atoms with Crippen molar-refractivity contribution in [1.82, 2.24) is 10.2 Å². The van der Waals surface area contributed by atoms with E-state index in [4.69, 9.17) is 25.8 Å². The van der Waals surface area contributed by atoms with Crippen LogP contribution in [0.1, 0.15) is 31.1 Å². The number of ether oxygens (including phenoxy) is 3. The summed E-state index contributed by atoms with van der Waals surface area (Å²) in [5.74, 6) is -0.214. The highest BCUT2D eigenvalue weighted by Gasteiger charge is 2.37. The normalized spacial score (nSPS) is 15.1. The maximum Gasteiger partial charge on any atom is 0.407 e. The summed E-state index contributed by atoms with van der Waals surface area (Å²) in [5.41, 5.74) is 0.339. The molecule has 3 N–H and O–H groups in total. The molecule has 1 aliphatic heterocycles. The number of fused-ring (bicyclic) bond motifs is 1. The van der Waals surface area contributed by atoms with Gasteiger partial charge in [0.05, 0.1) is 36.2 Å². The molecular formula is C25H31ClN4O7. The lowest BCUT2D eigenvalue weighted by Crippen LogP contribution is -2.58. The van der Waals surface area contributed by atoms with Gasteiger partial charge < -0.3 is 34.9 Å². The van der Waals surface area contributed by atoms with Crippen LogP contribution in [0.15, 0.2) is 36.4 Å². The molecule has 0 aromatic heterocycles. The van der Waals surface area contributed by atoms with Crippen molar-refractivity contribution in [2.24, 2.45) is 0 Å². The van der Waals surface area contributed by atoms with Crippen LogP contribution in [0.3, 0.4) is 0 Å². The van der Waals surface area contributed by atoms with Crippen molar-refractivity contribution in [3.63, 3.8) is 0 Å². The quantitative estimate of drug-likeness (QED) is 0.471. The van der Waals surface area contributed by atoms with Crippen molar-refractivity contribution < 1.29 is 33.7 Å². The zero-order valence-corrected chi connectivity index (χ0v) is 22.1. The van der Waals surface area contributed by atoms with Crippen LogP contribution in [0.5, 0.6) is 11.5 Å². The number of nitrogens with zero attached hydrogens (tertiary/aromatic N) is 2. The molecule has 1 heterocycles. The fourth-order valence-electron chi connectivity index (χ4n) is 3.74. The van der Waals surface area contributed by atoms with Gasteiger partial charge in [0, 0.05) is 19.2 Å². The van der Waals surface area contributed by atoms with E-state index in [1.165, 1.54) is 25.2 Å². The van der Waals surface area contributed by atoms with Gasteiger partial charge in [-0.25, -0.2) is 4.79 Å². The first-order valence-corrected chi connectivity index (χ1v) is 11.9. The van der Waals surface area contributed by atoms with Crippen LogP contribution in [-0.4, -0.2) is 73.7 Å². The Balaban J connectivity index is 1.77. The van der Waals surface area contributed by atoms with Crippen molar-refractivity contribution in [2.75, 3.05) is 44.1 Å². The molecule has 1 unspecified atom stereocenters. The van der Waals surface area contributed by atoms with Crippen LogP contribution in [0.2, 0.25) is 5.02 Å². The van der Waals surface area contributed by atoms with Crippen LogP contribution in [-0.2, 0) is 9.53 Å². The van der Waals surface area contributed by atoms with Crippen molar-refractivity contribution in [3.05, 3.63) is 47.0 Å². The third-order valence-corrected chi connectivity index (χ3v) is 5.64. The lowest BCUT2D eigenvalue weighted by Gasteiger charge is -2.42. The number of carbonyl (C=O) groups excluding carboxylic acids is 3. The average molecular weight is 535 g/mol. The third-order valence-electron chi connectivity index (χ3n) is 5.35. The van der Waals surface area contributed by atoms with Gasteiger partial charge >= 0.3 is 6.09 Å². The Morgan fingerprint density at radius 2 is 1.76 bits per heavy atom. The van der Waals surface area contributed by atoms with Crippen molar-refractivity contribution >= 4 is 40.9 Å². The molecule has 0 bridgehead atoms. The summed E-state index contributed by atoms with van der Waals surface area (Å²) >= 11 is 6.20. The molecule has 3 rings (SSSR count). The average Bonchev–Trinajstić information content (AvgIpc) is 2.83. The fraction of sp³-hybridized carbons (Fsp3) is 0.400. The number of hydrogen-bond donors (Lipinski definition) is 3. The van der Waals surface area contributed by atoms with Crippen LogP contribution < -0.4 is 25.0 Å². The number of hydrogen-bond acceptors (Lipinski definition) is 8. The van der Waals surface area contributed by atoms with E-state index in [2.05, 4.69) is 10.6 Å². The summed E-state index contributed by atoms with van der Waals surface area (Å²) in [4.78, 5) is 40.6. The summed E-state index contributed by atoms with van der Waals surface area (Å²) < 4.78 is 15.7.